The molecule has 0 fully saturated rings. The molecule has 9 heteroatoms. The lowest BCUT2D eigenvalue weighted by atomic mass is 9.99. The number of aryl methyl sites for hydroxylation is 1. The molecule has 0 bridgehead atoms. The number of hydrogen-bond acceptors (Lipinski definition) is 7. The van der Waals surface area contributed by atoms with Crippen LogP contribution in [-0.4, -0.2) is 53.2 Å². The van der Waals surface area contributed by atoms with E-state index >= 15 is 0 Å². The number of nitrogens with zero attached hydrogens (tertiary/aromatic N) is 1. The Hall–Kier alpha value is -4.21. The van der Waals surface area contributed by atoms with Gasteiger partial charge in [-0.25, -0.2) is 5.43 Å². The van der Waals surface area contributed by atoms with E-state index in [1.165, 1.54) is 18.2 Å². The van der Waals surface area contributed by atoms with Crippen LogP contribution in [0, 0.1) is 6.92 Å². The van der Waals surface area contributed by atoms with E-state index in [2.05, 4.69) is 15.8 Å². The Kier molecular flexibility index (Phi) is 10.5. The molecular weight excluding hydrogens is 542 g/mol. The molecule has 0 aliphatic rings. The van der Waals surface area contributed by atoms with E-state index in [4.69, 9.17) is 16.3 Å². The van der Waals surface area contributed by atoms with Crippen LogP contribution in [0.1, 0.15) is 33.2 Å². The smallest absolute Gasteiger partial charge is 0.271 e. The van der Waals surface area contributed by atoms with E-state index in [0.29, 0.717) is 18.9 Å². The monoisotopic (exact) mass is 573 g/mol. The highest BCUT2D eigenvalue weighted by atomic mass is 35.5. The molecule has 0 heterocycles. The van der Waals surface area contributed by atoms with Gasteiger partial charge in [-0.1, -0.05) is 72.3 Å². The van der Waals surface area contributed by atoms with Crippen LogP contribution in [0.5, 0.6) is 11.5 Å². The second-order valence-corrected chi connectivity index (χ2v) is 9.80. The third kappa shape index (κ3) is 7.93. The van der Waals surface area contributed by atoms with Crippen molar-refractivity contribution in [2.75, 3.05) is 19.8 Å². The van der Waals surface area contributed by atoms with Gasteiger partial charge in [-0.3, -0.25) is 4.79 Å². The van der Waals surface area contributed by atoms with Gasteiger partial charge < -0.3 is 25.4 Å². The molecule has 1 amide bonds. The van der Waals surface area contributed by atoms with Crippen LogP contribution in [0.2, 0.25) is 5.02 Å². The first-order chi connectivity index (χ1) is 19.9. The Morgan fingerprint density at radius 2 is 1.73 bits per heavy atom. The molecule has 0 aromatic heterocycles. The molecule has 0 spiro atoms. The van der Waals surface area contributed by atoms with Crippen molar-refractivity contribution in [3.63, 3.8) is 0 Å². The van der Waals surface area contributed by atoms with Crippen molar-refractivity contribution in [1.29, 1.82) is 0 Å². The molecule has 41 heavy (non-hydrogen) atoms. The predicted molar refractivity (Wildman–Crippen MR) is 161 cm³/mol. The second-order valence-electron chi connectivity index (χ2n) is 9.39. The van der Waals surface area contributed by atoms with Gasteiger partial charge in [-0.05, 0) is 59.5 Å². The van der Waals surface area contributed by atoms with Crippen molar-refractivity contribution in [2.45, 2.75) is 19.1 Å². The van der Waals surface area contributed by atoms with E-state index < -0.39 is 18.1 Å². The quantitative estimate of drug-likeness (QED) is 0.0938. The van der Waals surface area contributed by atoms with Crippen LogP contribution in [0.3, 0.4) is 0 Å². The van der Waals surface area contributed by atoms with Crippen molar-refractivity contribution in [3.8, 4) is 22.6 Å². The van der Waals surface area contributed by atoms with E-state index in [0.717, 1.165) is 27.8 Å². The summed E-state index contributed by atoms with van der Waals surface area (Å²) in [5.41, 5.74) is 6.89. The standard InChI is InChI=1S/C32H32ClN3O5/c1-21-16-22(19-35-36-32(40)25-12-13-29(38)27(33)18-25)17-26(23-8-4-2-5-9-23)31(21)41-15-14-34-28(20-37)30(39)24-10-6-3-7-11-24/h2-13,16-19,28,30,34,37-39H,14-15,20H2,1H3,(H,36,40)/b35-19-. The molecule has 212 valence electrons. The summed E-state index contributed by atoms with van der Waals surface area (Å²) in [6, 6.07) is 26.4. The molecule has 0 radical (unpaired) electrons. The Balaban J connectivity index is 1.45. The van der Waals surface area contributed by atoms with Crippen LogP contribution < -0.4 is 15.5 Å². The van der Waals surface area contributed by atoms with Crippen LogP contribution in [0.25, 0.3) is 11.1 Å². The number of phenolic OH excluding ortho intramolecular Hbond substituents is 1. The molecule has 2 unspecified atom stereocenters. The average Bonchev–Trinajstić information content (AvgIpc) is 2.99. The number of carbonyl (C=O) groups excluding carboxylic acids is 1. The van der Waals surface area contributed by atoms with Crippen molar-refractivity contribution in [2.24, 2.45) is 5.10 Å². The summed E-state index contributed by atoms with van der Waals surface area (Å²) < 4.78 is 6.21. The first kappa shape index (κ1) is 29.8. The van der Waals surface area contributed by atoms with Crippen LogP contribution in [-0.2, 0) is 0 Å². The Bertz CT molecular complexity index is 1480. The van der Waals surface area contributed by atoms with Gasteiger partial charge in [-0.15, -0.1) is 0 Å². The second kappa shape index (κ2) is 14.4. The maximum atomic E-state index is 12.4. The van der Waals surface area contributed by atoms with Gasteiger partial charge in [-0.2, -0.15) is 5.10 Å². The fourth-order valence-corrected chi connectivity index (χ4v) is 4.51. The number of carbonyl (C=O) groups is 1. The molecule has 0 aliphatic carbocycles. The van der Waals surface area contributed by atoms with Gasteiger partial charge in [0.1, 0.15) is 18.1 Å². The number of halogens is 1. The lowest BCUT2D eigenvalue weighted by molar-refractivity contribution is 0.0878. The molecule has 4 aromatic carbocycles. The van der Waals surface area contributed by atoms with Gasteiger partial charge in [0, 0.05) is 17.7 Å². The Morgan fingerprint density at radius 3 is 2.41 bits per heavy atom. The number of aliphatic hydroxyl groups excluding tert-OH is 2. The minimum atomic E-state index is -0.854. The number of amides is 1. The summed E-state index contributed by atoms with van der Waals surface area (Å²) in [5.74, 6) is 0.128. The molecule has 8 nitrogen and oxygen atoms in total. The van der Waals surface area contributed by atoms with Crippen LogP contribution in [0.4, 0.5) is 0 Å². The van der Waals surface area contributed by atoms with Crippen molar-refractivity contribution in [1.82, 2.24) is 10.7 Å². The SMILES string of the molecule is Cc1cc(/C=N\NC(=O)c2ccc(O)c(Cl)c2)cc(-c2ccccc2)c1OCCNC(CO)C(O)c1ccccc1. The molecule has 0 aliphatic heterocycles. The third-order valence-electron chi connectivity index (χ3n) is 6.45. The number of ether oxygens (including phenoxy) is 1. The summed E-state index contributed by atoms with van der Waals surface area (Å²) in [7, 11) is 0. The van der Waals surface area contributed by atoms with Crippen molar-refractivity contribution >= 4 is 23.7 Å². The van der Waals surface area contributed by atoms with Crippen molar-refractivity contribution in [3.05, 3.63) is 118 Å². The summed E-state index contributed by atoms with van der Waals surface area (Å²) in [6.45, 7) is 2.41. The minimum Gasteiger partial charge on any atom is -0.506 e. The number of rotatable bonds is 12. The predicted octanol–water partition coefficient (Wildman–Crippen LogP) is 4.85. The van der Waals surface area contributed by atoms with Crippen molar-refractivity contribution < 1.29 is 24.9 Å². The lowest BCUT2D eigenvalue weighted by Gasteiger charge is -2.23. The highest BCUT2D eigenvalue weighted by Gasteiger charge is 2.19. The van der Waals surface area contributed by atoms with Gasteiger partial charge in [0.25, 0.3) is 5.91 Å². The van der Waals surface area contributed by atoms with Gasteiger partial charge in [0.2, 0.25) is 0 Å². The third-order valence-corrected chi connectivity index (χ3v) is 6.75. The number of phenols is 1. The maximum absolute atomic E-state index is 12.4. The van der Waals surface area contributed by atoms with Gasteiger partial charge in [0.05, 0.1) is 30.0 Å². The number of hydrazone groups is 1. The lowest BCUT2D eigenvalue weighted by Crippen LogP contribution is -2.40. The molecule has 4 aromatic rings. The number of aliphatic hydroxyl groups is 2. The Labute approximate surface area is 243 Å². The number of nitrogens with one attached hydrogen (secondary N) is 2. The highest BCUT2D eigenvalue weighted by Crippen LogP contribution is 2.34. The first-order valence-electron chi connectivity index (χ1n) is 13.1. The number of hydrogen-bond donors (Lipinski definition) is 5. The molecule has 5 N–H and O–H groups in total. The fourth-order valence-electron chi connectivity index (χ4n) is 4.33. The zero-order valence-electron chi connectivity index (χ0n) is 22.5. The highest BCUT2D eigenvalue weighted by molar-refractivity contribution is 6.32. The zero-order chi connectivity index (χ0) is 29.2. The summed E-state index contributed by atoms with van der Waals surface area (Å²) in [4.78, 5) is 12.4. The van der Waals surface area contributed by atoms with E-state index in [1.807, 2.05) is 79.7 Å². The summed E-state index contributed by atoms with van der Waals surface area (Å²) >= 11 is 5.90. The van der Waals surface area contributed by atoms with Crippen LogP contribution in [0.15, 0.2) is 96.1 Å². The molecule has 0 saturated carbocycles. The number of aromatic hydroxyl groups is 1. The molecular formula is C32H32ClN3O5. The van der Waals surface area contributed by atoms with E-state index in [-0.39, 0.29) is 22.9 Å². The summed E-state index contributed by atoms with van der Waals surface area (Å²) in [6.07, 6.45) is 0.689. The first-order valence-corrected chi connectivity index (χ1v) is 13.5. The molecule has 2 atom stereocenters. The largest absolute Gasteiger partial charge is 0.506 e. The molecule has 4 rings (SSSR count). The van der Waals surface area contributed by atoms with Crippen LogP contribution >= 0.6 is 11.6 Å². The van der Waals surface area contributed by atoms with Gasteiger partial charge >= 0.3 is 0 Å². The molecule has 0 saturated heterocycles. The van der Waals surface area contributed by atoms with E-state index in [1.54, 1.807) is 6.21 Å². The number of benzene rings is 4. The van der Waals surface area contributed by atoms with E-state index in [9.17, 15) is 20.1 Å². The average molecular weight is 574 g/mol. The topological polar surface area (TPSA) is 123 Å². The Morgan fingerprint density at radius 1 is 1.02 bits per heavy atom. The maximum Gasteiger partial charge on any atom is 0.271 e. The van der Waals surface area contributed by atoms with Gasteiger partial charge in [0.15, 0.2) is 0 Å². The fraction of sp³-hybridized carbons (Fsp3) is 0.188. The normalized spacial score (nSPS) is 12.7. The minimum absolute atomic E-state index is 0.0785. The summed E-state index contributed by atoms with van der Waals surface area (Å²) in [5, 5.41) is 37.4. The zero-order valence-corrected chi connectivity index (χ0v) is 23.3.